The SMILES string of the molecule is C=CCCCCOC(=O)[C@H]1[C@H]2C(=O)N(CCCCCCO)C(C(=O)N(CC=C)CCCCC)C23CC[C@]1(C)S3. The summed E-state index contributed by atoms with van der Waals surface area (Å²) in [6, 6.07) is -0.577. The number of thioether (sulfide) groups is 1. The van der Waals surface area contributed by atoms with Crippen molar-refractivity contribution in [3.63, 3.8) is 0 Å². The van der Waals surface area contributed by atoms with Crippen LogP contribution in [0.5, 0.6) is 0 Å². The average Bonchev–Trinajstić information content (AvgIpc) is 3.48. The van der Waals surface area contributed by atoms with Crippen molar-refractivity contribution in [1.29, 1.82) is 0 Å². The first-order valence-corrected chi connectivity index (χ1v) is 15.9. The minimum absolute atomic E-state index is 0.00703. The summed E-state index contributed by atoms with van der Waals surface area (Å²) in [5, 5.41) is 9.15. The predicted molar refractivity (Wildman–Crippen MR) is 157 cm³/mol. The number of carbonyl (C=O) groups is 3. The summed E-state index contributed by atoms with van der Waals surface area (Å²) in [4.78, 5) is 45.7. The second-order valence-corrected chi connectivity index (χ2v) is 13.5. The van der Waals surface area contributed by atoms with Crippen molar-refractivity contribution in [2.75, 3.05) is 32.8 Å². The van der Waals surface area contributed by atoms with Gasteiger partial charge in [0.2, 0.25) is 11.8 Å². The molecule has 7 nitrogen and oxygen atoms in total. The van der Waals surface area contributed by atoms with Crippen LogP contribution in [0.15, 0.2) is 25.3 Å². The highest BCUT2D eigenvalue weighted by Gasteiger charge is 2.77. The molecular weight excluding hydrogens is 512 g/mol. The molecule has 0 radical (unpaired) electrons. The molecule has 220 valence electrons. The zero-order valence-corrected chi connectivity index (χ0v) is 25.0. The van der Waals surface area contributed by atoms with Crippen LogP contribution in [0.2, 0.25) is 0 Å². The molecule has 2 unspecified atom stereocenters. The third-order valence-electron chi connectivity index (χ3n) is 8.81. The van der Waals surface area contributed by atoms with Gasteiger partial charge in [0, 0.05) is 31.0 Å². The van der Waals surface area contributed by atoms with Crippen molar-refractivity contribution in [1.82, 2.24) is 9.80 Å². The molecule has 3 aliphatic rings. The molecule has 0 aliphatic carbocycles. The number of esters is 1. The van der Waals surface area contributed by atoms with Gasteiger partial charge in [-0.3, -0.25) is 14.4 Å². The van der Waals surface area contributed by atoms with E-state index in [1.165, 1.54) is 0 Å². The Kier molecular flexibility index (Phi) is 12.0. The number of hydrogen-bond acceptors (Lipinski definition) is 6. The second-order valence-electron chi connectivity index (χ2n) is 11.6. The standard InChI is InChI=1S/C31H50N2O5S/c1-5-8-10-16-23-38-29(37)25-24-27(35)33(21-14-11-12-15-22-34)26(31(24)18-17-30(25,4)39-31)28(36)32(19-7-3)20-13-9-6-2/h5,7,24-26,34H,1,3,6,8-23H2,2,4H3/t24-,25+,26?,30-,31?/m0/s1. The minimum atomic E-state index is -0.606. The summed E-state index contributed by atoms with van der Waals surface area (Å²) >= 11 is 1.71. The number of nitrogens with zero attached hydrogens (tertiary/aromatic N) is 2. The quantitative estimate of drug-likeness (QED) is 0.134. The van der Waals surface area contributed by atoms with Crippen LogP contribution in [-0.2, 0) is 19.1 Å². The van der Waals surface area contributed by atoms with Gasteiger partial charge in [-0.05, 0) is 58.3 Å². The molecule has 3 saturated heterocycles. The number of allylic oxidation sites excluding steroid dienone is 1. The molecule has 3 aliphatic heterocycles. The molecule has 3 fully saturated rings. The van der Waals surface area contributed by atoms with Crippen LogP contribution in [-0.4, -0.2) is 81.1 Å². The van der Waals surface area contributed by atoms with Crippen LogP contribution in [0.4, 0.5) is 0 Å². The zero-order valence-electron chi connectivity index (χ0n) is 24.2. The smallest absolute Gasteiger partial charge is 0.311 e. The predicted octanol–water partition coefficient (Wildman–Crippen LogP) is 5.12. The first-order chi connectivity index (χ1) is 18.8. The van der Waals surface area contributed by atoms with E-state index in [0.717, 1.165) is 77.0 Å². The maximum absolute atomic E-state index is 14.3. The molecule has 0 aromatic carbocycles. The lowest BCUT2D eigenvalue weighted by atomic mass is 9.66. The number of unbranched alkanes of at least 4 members (excludes halogenated alkanes) is 7. The number of ether oxygens (including phenoxy) is 1. The lowest BCUT2D eigenvalue weighted by molar-refractivity contribution is -0.155. The number of fused-ring (bicyclic) bond motifs is 1. The van der Waals surface area contributed by atoms with Crippen LogP contribution in [0.1, 0.15) is 90.9 Å². The summed E-state index contributed by atoms with van der Waals surface area (Å²) < 4.78 is 4.75. The van der Waals surface area contributed by atoms with Gasteiger partial charge in [0.15, 0.2) is 0 Å². The van der Waals surface area contributed by atoms with Gasteiger partial charge in [0.25, 0.3) is 0 Å². The van der Waals surface area contributed by atoms with Crippen LogP contribution in [0, 0.1) is 11.8 Å². The first-order valence-electron chi connectivity index (χ1n) is 15.1. The van der Waals surface area contributed by atoms with Crippen molar-refractivity contribution >= 4 is 29.5 Å². The Morgan fingerprint density at radius 3 is 2.56 bits per heavy atom. The molecule has 2 bridgehead atoms. The monoisotopic (exact) mass is 562 g/mol. The van der Waals surface area contributed by atoms with E-state index >= 15 is 0 Å². The van der Waals surface area contributed by atoms with E-state index in [1.807, 2.05) is 15.9 Å². The number of likely N-dealkylation sites (tertiary alicyclic amines) is 1. The lowest BCUT2D eigenvalue weighted by Crippen LogP contribution is -2.55. The maximum Gasteiger partial charge on any atom is 0.311 e. The van der Waals surface area contributed by atoms with Crippen molar-refractivity contribution in [2.24, 2.45) is 11.8 Å². The Hall–Kier alpha value is -1.80. The number of aliphatic hydroxyl groups excluding tert-OH is 1. The van der Waals surface area contributed by atoms with Crippen molar-refractivity contribution < 1.29 is 24.2 Å². The maximum atomic E-state index is 14.3. The first kappa shape index (κ1) is 31.7. The third kappa shape index (κ3) is 6.75. The number of carbonyl (C=O) groups excluding carboxylic acids is 3. The number of hydrogen-bond donors (Lipinski definition) is 1. The second kappa shape index (κ2) is 14.7. The van der Waals surface area contributed by atoms with Crippen LogP contribution in [0.3, 0.4) is 0 Å². The molecule has 1 spiro atoms. The number of amides is 2. The molecule has 2 amide bonds. The van der Waals surface area contributed by atoms with Crippen LogP contribution >= 0.6 is 11.8 Å². The summed E-state index contributed by atoms with van der Waals surface area (Å²) in [7, 11) is 0. The normalized spacial score (nSPS) is 28.9. The topological polar surface area (TPSA) is 87.1 Å². The highest BCUT2D eigenvalue weighted by molar-refractivity contribution is 8.02. The van der Waals surface area contributed by atoms with Crippen molar-refractivity contribution in [3.05, 3.63) is 25.3 Å². The highest BCUT2D eigenvalue weighted by atomic mass is 32.2. The fraction of sp³-hybridized carbons (Fsp3) is 0.774. The molecule has 0 aromatic rings. The van der Waals surface area contributed by atoms with Crippen molar-refractivity contribution in [3.8, 4) is 0 Å². The number of rotatable bonds is 19. The van der Waals surface area contributed by atoms with E-state index in [0.29, 0.717) is 26.2 Å². The molecular formula is C31H50N2O5S. The molecule has 0 saturated carbocycles. The molecule has 39 heavy (non-hydrogen) atoms. The lowest BCUT2D eigenvalue weighted by Gasteiger charge is -2.37. The summed E-state index contributed by atoms with van der Waals surface area (Å²) in [5.41, 5.74) is 0. The fourth-order valence-electron chi connectivity index (χ4n) is 6.88. The third-order valence-corrected chi connectivity index (χ3v) is 10.8. The Balaban J connectivity index is 1.88. The largest absolute Gasteiger partial charge is 0.465 e. The van der Waals surface area contributed by atoms with E-state index in [2.05, 4.69) is 27.0 Å². The zero-order chi connectivity index (χ0) is 28.5. The van der Waals surface area contributed by atoms with Gasteiger partial charge in [-0.2, -0.15) is 0 Å². The van der Waals surface area contributed by atoms with Gasteiger partial charge in [-0.15, -0.1) is 24.9 Å². The van der Waals surface area contributed by atoms with E-state index in [9.17, 15) is 14.4 Å². The van der Waals surface area contributed by atoms with E-state index in [1.54, 1.807) is 17.8 Å². The van der Waals surface area contributed by atoms with Crippen LogP contribution < -0.4 is 0 Å². The highest BCUT2D eigenvalue weighted by Crippen LogP contribution is 2.71. The Morgan fingerprint density at radius 1 is 1.10 bits per heavy atom. The van der Waals surface area contributed by atoms with Crippen molar-refractivity contribution in [2.45, 2.75) is 106 Å². The molecule has 1 N–H and O–H groups in total. The van der Waals surface area contributed by atoms with Crippen LogP contribution in [0.25, 0.3) is 0 Å². The minimum Gasteiger partial charge on any atom is -0.465 e. The Bertz CT molecular complexity index is 881. The van der Waals surface area contributed by atoms with Gasteiger partial charge < -0.3 is 19.6 Å². The summed E-state index contributed by atoms with van der Waals surface area (Å²) in [5.74, 6) is -1.43. The molecule has 3 rings (SSSR count). The Morgan fingerprint density at radius 2 is 1.87 bits per heavy atom. The molecule has 8 heteroatoms. The fourth-order valence-corrected chi connectivity index (χ4v) is 9.22. The number of aliphatic hydroxyl groups is 1. The Labute approximate surface area is 239 Å². The van der Waals surface area contributed by atoms with E-state index in [4.69, 9.17) is 9.84 Å². The van der Waals surface area contributed by atoms with Gasteiger partial charge in [0.05, 0.1) is 23.2 Å². The van der Waals surface area contributed by atoms with Gasteiger partial charge in [-0.1, -0.05) is 44.8 Å². The molecule has 5 atom stereocenters. The molecule has 0 aromatic heterocycles. The van der Waals surface area contributed by atoms with E-state index < -0.39 is 27.4 Å². The van der Waals surface area contributed by atoms with E-state index in [-0.39, 0.29) is 24.4 Å². The summed E-state index contributed by atoms with van der Waals surface area (Å²) in [6.07, 6.45) is 14.1. The van der Waals surface area contributed by atoms with Gasteiger partial charge in [-0.25, -0.2) is 0 Å². The van der Waals surface area contributed by atoms with Gasteiger partial charge >= 0.3 is 5.97 Å². The molecule has 3 heterocycles. The van der Waals surface area contributed by atoms with Gasteiger partial charge in [0.1, 0.15) is 6.04 Å². The average molecular weight is 563 g/mol. The summed E-state index contributed by atoms with van der Waals surface area (Å²) in [6.45, 7) is 14.0.